The van der Waals surface area contributed by atoms with Crippen molar-refractivity contribution in [3.05, 3.63) is 23.9 Å². The van der Waals surface area contributed by atoms with Gasteiger partial charge in [0.25, 0.3) is 0 Å². The monoisotopic (exact) mass is 189 g/mol. The molecule has 1 aromatic rings. The third-order valence-electron chi connectivity index (χ3n) is 2.17. The third kappa shape index (κ3) is 2.01. The minimum absolute atomic E-state index is 0.357. The van der Waals surface area contributed by atoms with Crippen LogP contribution in [-0.2, 0) is 4.74 Å². The van der Waals surface area contributed by atoms with Crippen molar-refractivity contribution in [2.24, 2.45) is 0 Å². The Labute approximate surface area is 82.5 Å². The van der Waals surface area contributed by atoms with Gasteiger partial charge in [0.15, 0.2) is 0 Å². The second kappa shape index (κ2) is 4.07. The summed E-state index contributed by atoms with van der Waals surface area (Å²) in [5.74, 6) is 0.805. The van der Waals surface area contributed by atoms with Crippen molar-refractivity contribution in [1.82, 2.24) is 4.98 Å². The number of anilines is 1. The highest BCUT2D eigenvalue weighted by Gasteiger charge is 2.15. The fraction of sp³-hybridized carbons (Fsp3) is 0.400. The molecule has 0 aromatic carbocycles. The average molecular weight is 189 g/mol. The molecular formula is C10H11N3O. The van der Waals surface area contributed by atoms with Crippen LogP contribution < -0.4 is 5.32 Å². The van der Waals surface area contributed by atoms with E-state index in [1.54, 1.807) is 12.3 Å². The molecule has 2 heterocycles. The van der Waals surface area contributed by atoms with Gasteiger partial charge in [-0.2, -0.15) is 5.26 Å². The van der Waals surface area contributed by atoms with E-state index in [-0.39, 0.29) is 0 Å². The molecule has 4 nitrogen and oxygen atoms in total. The van der Waals surface area contributed by atoms with Gasteiger partial charge >= 0.3 is 0 Å². The second-order valence-electron chi connectivity index (χ2n) is 3.25. The first-order valence-electron chi connectivity index (χ1n) is 4.59. The zero-order valence-corrected chi connectivity index (χ0v) is 7.73. The molecule has 1 atom stereocenters. The Hall–Kier alpha value is -1.60. The van der Waals surface area contributed by atoms with Crippen LogP contribution >= 0.6 is 0 Å². The van der Waals surface area contributed by atoms with E-state index in [0.29, 0.717) is 11.6 Å². The zero-order chi connectivity index (χ0) is 9.80. The van der Waals surface area contributed by atoms with E-state index < -0.39 is 0 Å². The summed E-state index contributed by atoms with van der Waals surface area (Å²) >= 11 is 0. The number of rotatable bonds is 2. The van der Waals surface area contributed by atoms with Gasteiger partial charge in [0.2, 0.25) is 0 Å². The first-order valence-corrected chi connectivity index (χ1v) is 4.59. The number of nitrogens with zero attached hydrogens (tertiary/aromatic N) is 2. The SMILES string of the molecule is N#Cc1ccc(N[C@@H]2CCOC2)nc1. The molecule has 1 aliphatic rings. The van der Waals surface area contributed by atoms with E-state index in [1.807, 2.05) is 12.1 Å². The fourth-order valence-electron chi connectivity index (χ4n) is 1.40. The average Bonchev–Trinajstić information content (AvgIpc) is 2.72. The summed E-state index contributed by atoms with van der Waals surface area (Å²) in [6.45, 7) is 1.55. The molecule has 4 heteroatoms. The van der Waals surface area contributed by atoms with E-state index in [0.717, 1.165) is 25.5 Å². The van der Waals surface area contributed by atoms with Crippen molar-refractivity contribution in [2.75, 3.05) is 18.5 Å². The maximum atomic E-state index is 8.58. The van der Waals surface area contributed by atoms with Crippen LogP contribution in [0.1, 0.15) is 12.0 Å². The third-order valence-corrected chi connectivity index (χ3v) is 2.17. The molecule has 2 rings (SSSR count). The molecule has 1 N–H and O–H groups in total. The number of hydrogen-bond acceptors (Lipinski definition) is 4. The van der Waals surface area contributed by atoms with Crippen molar-refractivity contribution >= 4 is 5.82 Å². The number of nitrogens with one attached hydrogen (secondary N) is 1. The highest BCUT2D eigenvalue weighted by Crippen LogP contribution is 2.11. The van der Waals surface area contributed by atoms with Crippen molar-refractivity contribution < 1.29 is 4.74 Å². The lowest BCUT2D eigenvalue weighted by molar-refractivity contribution is 0.195. The highest BCUT2D eigenvalue weighted by molar-refractivity contribution is 5.39. The minimum Gasteiger partial charge on any atom is -0.379 e. The maximum absolute atomic E-state index is 8.58. The Bertz CT molecular complexity index is 335. The predicted molar refractivity (Wildman–Crippen MR) is 51.8 cm³/mol. The van der Waals surface area contributed by atoms with Gasteiger partial charge in [-0.3, -0.25) is 0 Å². The Balaban J connectivity index is 1.99. The molecule has 0 unspecified atom stereocenters. The highest BCUT2D eigenvalue weighted by atomic mass is 16.5. The van der Waals surface area contributed by atoms with Crippen LogP contribution in [0.5, 0.6) is 0 Å². The second-order valence-corrected chi connectivity index (χ2v) is 3.25. The largest absolute Gasteiger partial charge is 0.379 e. The van der Waals surface area contributed by atoms with Gasteiger partial charge in [-0.05, 0) is 18.6 Å². The molecule has 1 aromatic heterocycles. The predicted octanol–water partition coefficient (Wildman–Crippen LogP) is 1.15. The lowest BCUT2D eigenvalue weighted by Crippen LogP contribution is -2.19. The van der Waals surface area contributed by atoms with Crippen LogP contribution in [0.3, 0.4) is 0 Å². The lowest BCUT2D eigenvalue weighted by Gasteiger charge is -2.10. The molecule has 1 aliphatic heterocycles. The van der Waals surface area contributed by atoms with Crippen LogP contribution in [0.2, 0.25) is 0 Å². The molecule has 0 amide bonds. The van der Waals surface area contributed by atoms with Crippen LogP contribution in [0.15, 0.2) is 18.3 Å². The van der Waals surface area contributed by atoms with E-state index >= 15 is 0 Å². The molecule has 72 valence electrons. The fourth-order valence-corrected chi connectivity index (χ4v) is 1.40. The summed E-state index contributed by atoms with van der Waals surface area (Å²) in [7, 11) is 0. The Morgan fingerprint density at radius 3 is 3.07 bits per heavy atom. The molecule has 1 fully saturated rings. The van der Waals surface area contributed by atoms with Gasteiger partial charge in [0.1, 0.15) is 11.9 Å². The molecule has 0 saturated carbocycles. The van der Waals surface area contributed by atoms with E-state index in [9.17, 15) is 0 Å². The van der Waals surface area contributed by atoms with Crippen molar-refractivity contribution in [3.63, 3.8) is 0 Å². The molecule has 14 heavy (non-hydrogen) atoms. The summed E-state index contributed by atoms with van der Waals surface area (Å²) in [6.07, 6.45) is 2.58. The zero-order valence-electron chi connectivity index (χ0n) is 7.73. The van der Waals surface area contributed by atoms with Gasteiger partial charge in [-0.1, -0.05) is 0 Å². The van der Waals surface area contributed by atoms with Gasteiger partial charge in [0, 0.05) is 12.8 Å². The quantitative estimate of drug-likeness (QED) is 0.758. The maximum Gasteiger partial charge on any atom is 0.126 e. The Kier molecular flexibility index (Phi) is 2.61. The van der Waals surface area contributed by atoms with Crippen LogP contribution in [0.4, 0.5) is 5.82 Å². The number of aromatic nitrogens is 1. The van der Waals surface area contributed by atoms with Crippen LogP contribution in [-0.4, -0.2) is 24.2 Å². The summed E-state index contributed by atoms with van der Waals surface area (Å²) in [5, 5.41) is 11.8. The summed E-state index contributed by atoms with van der Waals surface area (Å²) in [5.41, 5.74) is 0.582. The first-order chi connectivity index (χ1) is 6.88. The topological polar surface area (TPSA) is 57.9 Å². The molecular weight excluding hydrogens is 178 g/mol. The lowest BCUT2D eigenvalue weighted by atomic mass is 10.2. The number of ether oxygens (including phenoxy) is 1. The smallest absolute Gasteiger partial charge is 0.126 e. The summed E-state index contributed by atoms with van der Waals surface area (Å²) in [4.78, 5) is 4.12. The van der Waals surface area contributed by atoms with Gasteiger partial charge < -0.3 is 10.1 Å². The summed E-state index contributed by atoms with van der Waals surface area (Å²) in [6, 6.07) is 5.96. The number of pyridine rings is 1. The van der Waals surface area contributed by atoms with Gasteiger partial charge in [-0.15, -0.1) is 0 Å². The number of nitriles is 1. The molecule has 0 spiro atoms. The first kappa shape index (κ1) is 8.97. The Morgan fingerprint density at radius 1 is 1.57 bits per heavy atom. The van der Waals surface area contributed by atoms with Crippen LogP contribution in [0, 0.1) is 11.3 Å². The van der Waals surface area contributed by atoms with Crippen molar-refractivity contribution in [1.29, 1.82) is 5.26 Å². The van der Waals surface area contributed by atoms with E-state index in [1.165, 1.54) is 0 Å². The molecule has 0 bridgehead atoms. The van der Waals surface area contributed by atoms with E-state index in [2.05, 4.69) is 10.3 Å². The van der Waals surface area contributed by atoms with Crippen molar-refractivity contribution in [3.8, 4) is 6.07 Å². The Morgan fingerprint density at radius 2 is 2.50 bits per heavy atom. The van der Waals surface area contributed by atoms with Crippen LogP contribution in [0.25, 0.3) is 0 Å². The molecule has 0 aliphatic carbocycles. The van der Waals surface area contributed by atoms with Gasteiger partial charge in [-0.25, -0.2) is 4.98 Å². The normalized spacial score (nSPS) is 20.4. The van der Waals surface area contributed by atoms with Gasteiger partial charge in [0.05, 0.1) is 18.2 Å². The van der Waals surface area contributed by atoms with E-state index in [4.69, 9.17) is 10.00 Å². The minimum atomic E-state index is 0.357. The summed E-state index contributed by atoms with van der Waals surface area (Å²) < 4.78 is 5.23. The molecule has 0 radical (unpaired) electrons. The molecule has 1 saturated heterocycles. The van der Waals surface area contributed by atoms with Crippen molar-refractivity contribution in [2.45, 2.75) is 12.5 Å². The standard InChI is InChI=1S/C10H11N3O/c11-5-8-1-2-10(12-6-8)13-9-3-4-14-7-9/h1-2,6,9H,3-4,7H2,(H,12,13)/t9-/m1/s1. The number of hydrogen-bond donors (Lipinski definition) is 1.